The summed E-state index contributed by atoms with van der Waals surface area (Å²) >= 11 is 2.67. The lowest BCUT2D eigenvalue weighted by atomic mass is 9.97. The molecule has 0 saturated carbocycles. The topological polar surface area (TPSA) is 100 Å². The molecular formula is C32H24N2O6S2. The van der Waals surface area contributed by atoms with Crippen molar-refractivity contribution in [3.63, 3.8) is 0 Å². The molecule has 1 unspecified atom stereocenters. The minimum absolute atomic E-state index is 0.186. The number of esters is 2. The number of hydrogen-bond acceptors (Lipinski definition) is 9. The Labute approximate surface area is 248 Å². The molecule has 0 radical (unpaired) electrons. The van der Waals surface area contributed by atoms with Crippen LogP contribution in [0.3, 0.4) is 0 Å². The highest BCUT2D eigenvalue weighted by Crippen LogP contribution is 2.37. The summed E-state index contributed by atoms with van der Waals surface area (Å²) in [4.78, 5) is 45.8. The van der Waals surface area contributed by atoms with Crippen molar-refractivity contribution in [2.24, 2.45) is 4.99 Å². The molecule has 2 aromatic carbocycles. The lowest BCUT2D eigenvalue weighted by Gasteiger charge is -2.24. The molecule has 0 spiro atoms. The summed E-state index contributed by atoms with van der Waals surface area (Å²) < 4.78 is 18.4. The highest BCUT2D eigenvalue weighted by atomic mass is 32.1. The van der Waals surface area contributed by atoms with Gasteiger partial charge in [0.1, 0.15) is 17.6 Å². The van der Waals surface area contributed by atoms with Crippen molar-refractivity contribution in [3.05, 3.63) is 131 Å². The van der Waals surface area contributed by atoms with Gasteiger partial charge in [0.15, 0.2) is 4.80 Å². The van der Waals surface area contributed by atoms with E-state index >= 15 is 0 Å². The van der Waals surface area contributed by atoms with E-state index in [1.54, 1.807) is 54.0 Å². The average molecular weight is 597 g/mol. The number of carbonyl (C=O) groups excluding carboxylic acids is 2. The molecule has 5 aromatic rings. The van der Waals surface area contributed by atoms with E-state index in [0.29, 0.717) is 43.3 Å². The van der Waals surface area contributed by atoms with Crippen LogP contribution in [0.1, 0.15) is 39.5 Å². The maximum Gasteiger partial charge on any atom is 0.338 e. The molecule has 1 aliphatic rings. The lowest BCUT2D eigenvalue weighted by Crippen LogP contribution is -2.39. The van der Waals surface area contributed by atoms with Crippen LogP contribution in [0.5, 0.6) is 0 Å². The van der Waals surface area contributed by atoms with Gasteiger partial charge in [-0.2, -0.15) is 0 Å². The fourth-order valence-corrected chi connectivity index (χ4v) is 6.65. The zero-order chi connectivity index (χ0) is 29.2. The van der Waals surface area contributed by atoms with Crippen molar-refractivity contribution in [1.29, 1.82) is 0 Å². The van der Waals surface area contributed by atoms with Crippen LogP contribution >= 0.6 is 22.7 Å². The van der Waals surface area contributed by atoms with Gasteiger partial charge in [0.05, 0.1) is 35.1 Å². The number of rotatable bonds is 7. The molecule has 0 amide bonds. The van der Waals surface area contributed by atoms with Gasteiger partial charge in [-0.05, 0) is 36.6 Å². The minimum atomic E-state index is -0.711. The molecule has 3 aromatic heterocycles. The summed E-state index contributed by atoms with van der Waals surface area (Å²) in [6, 6.07) is 23.0. The molecule has 0 aliphatic carbocycles. The lowest BCUT2D eigenvalue weighted by molar-refractivity contribution is -0.138. The van der Waals surface area contributed by atoms with E-state index in [-0.39, 0.29) is 12.2 Å². The van der Waals surface area contributed by atoms with Gasteiger partial charge in [-0.25, -0.2) is 14.6 Å². The maximum atomic E-state index is 14.0. The van der Waals surface area contributed by atoms with Gasteiger partial charge < -0.3 is 13.9 Å². The molecule has 210 valence electrons. The number of fused-ring (bicyclic) bond motifs is 1. The normalized spacial score (nSPS) is 14.8. The van der Waals surface area contributed by atoms with Crippen molar-refractivity contribution in [2.75, 3.05) is 13.7 Å². The number of benzene rings is 2. The van der Waals surface area contributed by atoms with Crippen LogP contribution in [0, 0.1) is 0 Å². The van der Waals surface area contributed by atoms with Gasteiger partial charge in [-0.1, -0.05) is 65.9 Å². The molecule has 0 fully saturated rings. The Balaban J connectivity index is 1.52. The molecule has 0 N–H and O–H groups in total. The number of methoxy groups -OCH3 is 1. The van der Waals surface area contributed by atoms with Crippen LogP contribution in [0.4, 0.5) is 0 Å². The van der Waals surface area contributed by atoms with Crippen molar-refractivity contribution in [3.8, 4) is 11.3 Å². The van der Waals surface area contributed by atoms with E-state index in [4.69, 9.17) is 18.9 Å². The Hall–Kier alpha value is -4.80. The predicted octanol–water partition coefficient (Wildman–Crippen LogP) is 5.04. The van der Waals surface area contributed by atoms with Crippen LogP contribution < -0.4 is 14.9 Å². The van der Waals surface area contributed by atoms with Gasteiger partial charge in [0, 0.05) is 22.1 Å². The zero-order valence-electron chi connectivity index (χ0n) is 22.6. The second kappa shape index (κ2) is 11.6. The number of thiazole rings is 1. The fourth-order valence-electron chi connectivity index (χ4n) is 4.85. The highest BCUT2D eigenvalue weighted by Gasteiger charge is 2.35. The second-order valence-corrected chi connectivity index (χ2v) is 11.2. The van der Waals surface area contributed by atoms with Crippen LogP contribution in [0.15, 0.2) is 104 Å². The Morgan fingerprint density at radius 1 is 1.00 bits per heavy atom. The Kier molecular flexibility index (Phi) is 7.56. The summed E-state index contributed by atoms with van der Waals surface area (Å²) in [5, 5.41) is 1.91. The molecular weight excluding hydrogens is 572 g/mol. The molecule has 8 nitrogen and oxygen atoms in total. The minimum Gasteiger partial charge on any atom is -0.465 e. The number of thiophene rings is 1. The summed E-state index contributed by atoms with van der Waals surface area (Å²) in [7, 11) is 1.33. The van der Waals surface area contributed by atoms with Crippen LogP contribution in [0.25, 0.3) is 23.1 Å². The Bertz CT molecular complexity index is 2000. The van der Waals surface area contributed by atoms with E-state index in [2.05, 4.69) is 0 Å². The monoisotopic (exact) mass is 596 g/mol. The summed E-state index contributed by atoms with van der Waals surface area (Å²) in [5.74, 6) is -0.109. The van der Waals surface area contributed by atoms with E-state index in [1.165, 1.54) is 29.8 Å². The number of hydrogen-bond donors (Lipinski definition) is 0. The van der Waals surface area contributed by atoms with Crippen molar-refractivity contribution >= 4 is 46.4 Å². The van der Waals surface area contributed by atoms with E-state index in [1.807, 2.05) is 47.8 Å². The smallest absolute Gasteiger partial charge is 0.338 e. The molecule has 10 heteroatoms. The number of furan rings is 1. The van der Waals surface area contributed by atoms with Crippen molar-refractivity contribution < 1.29 is 23.5 Å². The van der Waals surface area contributed by atoms with Gasteiger partial charge in [0.25, 0.3) is 5.56 Å². The summed E-state index contributed by atoms with van der Waals surface area (Å²) in [5.41, 5.74) is 2.17. The molecule has 1 atom stereocenters. The SMILES string of the molecule is CCOC(=O)C1=C(c2ccccc2)N=c2s/c(=C\c3ccc(-c4ccccc4C(=O)OC)o3)c(=O)n2C1c1cccs1. The van der Waals surface area contributed by atoms with E-state index in [9.17, 15) is 14.4 Å². The largest absolute Gasteiger partial charge is 0.465 e. The molecule has 4 heterocycles. The molecule has 0 bridgehead atoms. The highest BCUT2D eigenvalue weighted by molar-refractivity contribution is 7.10. The van der Waals surface area contributed by atoms with E-state index < -0.39 is 18.0 Å². The Morgan fingerprint density at radius 3 is 2.52 bits per heavy atom. The third kappa shape index (κ3) is 4.95. The van der Waals surface area contributed by atoms with Gasteiger partial charge >= 0.3 is 11.9 Å². The first-order valence-corrected chi connectivity index (χ1v) is 14.8. The second-order valence-electron chi connectivity index (χ2n) is 9.19. The van der Waals surface area contributed by atoms with E-state index in [0.717, 1.165) is 10.4 Å². The third-order valence-corrected chi connectivity index (χ3v) is 8.59. The first-order valence-electron chi connectivity index (χ1n) is 13.1. The quantitative estimate of drug-likeness (QED) is 0.244. The number of ether oxygens (including phenoxy) is 2. The first-order chi connectivity index (χ1) is 20.5. The Morgan fingerprint density at radius 2 is 1.79 bits per heavy atom. The first kappa shape index (κ1) is 27.4. The molecule has 6 rings (SSSR count). The fraction of sp³-hybridized carbons (Fsp3) is 0.125. The van der Waals surface area contributed by atoms with Crippen LogP contribution in [0.2, 0.25) is 0 Å². The maximum absolute atomic E-state index is 14.0. The zero-order valence-corrected chi connectivity index (χ0v) is 24.2. The molecule has 0 saturated heterocycles. The summed E-state index contributed by atoms with van der Waals surface area (Å²) in [6.07, 6.45) is 1.65. The molecule has 42 heavy (non-hydrogen) atoms. The van der Waals surface area contributed by atoms with Crippen molar-refractivity contribution in [2.45, 2.75) is 13.0 Å². The number of carbonyl (C=O) groups is 2. The van der Waals surface area contributed by atoms with Crippen molar-refractivity contribution in [1.82, 2.24) is 4.57 Å². The van der Waals surface area contributed by atoms with Gasteiger partial charge in [-0.15, -0.1) is 11.3 Å². The van der Waals surface area contributed by atoms with Crippen LogP contribution in [-0.4, -0.2) is 30.2 Å². The van der Waals surface area contributed by atoms with Gasteiger partial charge in [-0.3, -0.25) is 9.36 Å². The standard InChI is InChI=1S/C32H24N2O6S2/c1-3-39-31(37)26-27(19-10-5-4-6-11-19)33-32-34(28(26)24-14-9-17-41-24)29(35)25(42-32)18-20-15-16-23(40-20)21-12-7-8-13-22(21)30(36)38-2/h4-18,28H,3H2,1-2H3/b25-18-. The predicted molar refractivity (Wildman–Crippen MR) is 161 cm³/mol. The molecule has 1 aliphatic heterocycles. The van der Waals surface area contributed by atoms with Gasteiger partial charge in [0.2, 0.25) is 0 Å². The average Bonchev–Trinajstić information content (AvgIpc) is 3.78. The van der Waals surface area contributed by atoms with Crippen LogP contribution in [-0.2, 0) is 14.3 Å². The number of nitrogens with zero attached hydrogens (tertiary/aromatic N) is 2. The number of aromatic nitrogens is 1. The summed E-state index contributed by atoms with van der Waals surface area (Å²) in [6.45, 7) is 1.93. The third-order valence-electron chi connectivity index (χ3n) is 6.68.